The van der Waals surface area contributed by atoms with E-state index in [1.54, 1.807) is 7.11 Å². The van der Waals surface area contributed by atoms with Crippen LogP contribution in [0.25, 0.3) is 0 Å². The number of likely N-dealkylation sites (N-methyl/N-ethyl adjacent to an activating group) is 1. The van der Waals surface area contributed by atoms with E-state index in [2.05, 4.69) is 27.6 Å². The molecule has 25 heavy (non-hydrogen) atoms. The van der Waals surface area contributed by atoms with E-state index in [-0.39, 0.29) is 12.4 Å². The van der Waals surface area contributed by atoms with Crippen LogP contribution in [0.15, 0.2) is 23.2 Å². The molecule has 0 aromatic heterocycles. The molecule has 0 unspecified atom stereocenters. The molecule has 1 rings (SSSR count). The molecular formula is C18H28FN5O. The van der Waals surface area contributed by atoms with Gasteiger partial charge in [0.2, 0.25) is 0 Å². The molecule has 1 aromatic carbocycles. The van der Waals surface area contributed by atoms with Gasteiger partial charge in [0.25, 0.3) is 0 Å². The first kappa shape index (κ1) is 20.9. The van der Waals surface area contributed by atoms with Gasteiger partial charge in [-0.05, 0) is 38.6 Å². The van der Waals surface area contributed by atoms with Gasteiger partial charge >= 0.3 is 0 Å². The number of methoxy groups -OCH3 is 1. The molecule has 0 amide bonds. The van der Waals surface area contributed by atoms with Crippen molar-refractivity contribution in [1.82, 2.24) is 15.5 Å². The highest BCUT2D eigenvalue weighted by atomic mass is 19.1. The lowest BCUT2D eigenvalue weighted by atomic mass is 10.1. The van der Waals surface area contributed by atoms with Gasteiger partial charge in [-0.2, -0.15) is 5.26 Å². The molecular weight excluding hydrogens is 321 g/mol. The molecule has 0 aliphatic rings. The van der Waals surface area contributed by atoms with E-state index in [0.29, 0.717) is 17.1 Å². The second kappa shape index (κ2) is 12.2. The number of hydrogen-bond donors (Lipinski definition) is 2. The maximum atomic E-state index is 13.8. The molecule has 0 heterocycles. The van der Waals surface area contributed by atoms with Crippen LogP contribution >= 0.6 is 0 Å². The molecule has 0 aliphatic heterocycles. The van der Waals surface area contributed by atoms with Crippen LogP contribution in [0.4, 0.5) is 4.39 Å². The SMILES string of the molecule is CCNC(=NCc1cc(C#N)ccc1F)NCCN(C)CCCOC. The molecule has 0 saturated heterocycles. The fourth-order valence-corrected chi connectivity index (χ4v) is 2.23. The van der Waals surface area contributed by atoms with Gasteiger partial charge in [-0.1, -0.05) is 0 Å². The summed E-state index contributed by atoms with van der Waals surface area (Å²) >= 11 is 0. The zero-order chi connectivity index (χ0) is 18.5. The number of rotatable bonds is 10. The lowest BCUT2D eigenvalue weighted by Crippen LogP contribution is -2.41. The molecule has 0 fully saturated rings. The van der Waals surface area contributed by atoms with Crippen LogP contribution in [0, 0.1) is 17.1 Å². The molecule has 0 saturated carbocycles. The van der Waals surface area contributed by atoms with E-state index in [4.69, 9.17) is 10.00 Å². The number of ether oxygens (including phenoxy) is 1. The third-order valence-corrected chi connectivity index (χ3v) is 3.60. The van der Waals surface area contributed by atoms with Crippen LogP contribution in [0.5, 0.6) is 0 Å². The van der Waals surface area contributed by atoms with Crippen molar-refractivity contribution in [3.05, 3.63) is 35.1 Å². The molecule has 0 atom stereocenters. The average Bonchev–Trinajstić information content (AvgIpc) is 2.61. The minimum absolute atomic E-state index is 0.181. The Morgan fingerprint density at radius 1 is 1.36 bits per heavy atom. The fraction of sp³-hybridized carbons (Fsp3) is 0.556. The Balaban J connectivity index is 2.53. The Labute approximate surface area is 149 Å². The molecule has 7 heteroatoms. The largest absolute Gasteiger partial charge is 0.385 e. The number of nitrogens with zero attached hydrogens (tertiary/aromatic N) is 3. The number of nitriles is 1. The molecule has 138 valence electrons. The summed E-state index contributed by atoms with van der Waals surface area (Å²) in [6, 6.07) is 6.32. The number of benzene rings is 1. The zero-order valence-corrected chi connectivity index (χ0v) is 15.3. The van der Waals surface area contributed by atoms with Gasteiger partial charge < -0.3 is 20.3 Å². The molecule has 0 spiro atoms. The van der Waals surface area contributed by atoms with E-state index < -0.39 is 0 Å². The highest BCUT2D eigenvalue weighted by Gasteiger charge is 2.05. The van der Waals surface area contributed by atoms with E-state index >= 15 is 0 Å². The number of halogens is 1. The minimum Gasteiger partial charge on any atom is -0.385 e. The summed E-state index contributed by atoms with van der Waals surface area (Å²) in [5.74, 6) is 0.283. The Bertz CT molecular complexity index is 585. The van der Waals surface area contributed by atoms with Crippen LogP contribution in [0.3, 0.4) is 0 Å². The van der Waals surface area contributed by atoms with Crippen LogP contribution in [0.1, 0.15) is 24.5 Å². The van der Waals surface area contributed by atoms with Crippen LogP contribution < -0.4 is 10.6 Å². The number of aliphatic imine (C=N–C) groups is 1. The van der Waals surface area contributed by atoms with Gasteiger partial charge in [-0.25, -0.2) is 9.38 Å². The normalized spacial score (nSPS) is 11.4. The predicted molar refractivity (Wildman–Crippen MR) is 97.9 cm³/mol. The summed E-state index contributed by atoms with van der Waals surface area (Å²) in [6.45, 7) is 6.20. The summed E-state index contributed by atoms with van der Waals surface area (Å²) in [4.78, 5) is 6.61. The van der Waals surface area contributed by atoms with Gasteiger partial charge in [0, 0.05) is 45.5 Å². The summed E-state index contributed by atoms with van der Waals surface area (Å²) < 4.78 is 18.9. The van der Waals surface area contributed by atoms with Crippen LogP contribution in [0.2, 0.25) is 0 Å². The second-order valence-corrected chi connectivity index (χ2v) is 5.69. The number of hydrogen-bond acceptors (Lipinski definition) is 4. The van der Waals surface area contributed by atoms with E-state index in [1.807, 2.05) is 13.0 Å². The van der Waals surface area contributed by atoms with Crippen molar-refractivity contribution in [2.45, 2.75) is 19.9 Å². The maximum Gasteiger partial charge on any atom is 0.191 e. The number of guanidine groups is 1. The molecule has 6 nitrogen and oxygen atoms in total. The Morgan fingerprint density at radius 3 is 2.84 bits per heavy atom. The standard InChI is InChI=1S/C18H28FN5O/c1-4-21-18(22-8-10-24(2)9-5-11-25-3)23-14-16-12-15(13-20)6-7-17(16)19/h6-7,12H,4-5,8-11,14H2,1-3H3,(H2,21,22,23). The lowest BCUT2D eigenvalue weighted by molar-refractivity contribution is 0.180. The van der Waals surface area contributed by atoms with Crippen molar-refractivity contribution in [2.75, 3.05) is 46.9 Å². The lowest BCUT2D eigenvalue weighted by Gasteiger charge is -2.18. The van der Waals surface area contributed by atoms with Crippen molar-refractivity contribution in [1.29, 1.82) is 5.26 Å². The Kier molecular flexibility index (Phi) is 10.2. The Morgan fingerprint density at radius 2 is 2.16 bits per heavy atom. The zero-order valence-electron chi connectivity index (χ0n) is 15.3. The summed E-state index contributed by atoms with van der Waals surface area (Å²) in [7, 11) is 3.76. The van der Waals surface area contributed by atoms with Gasteiger partial charge in [0.15, 0.2) is 5.96 Å². The third-order valence-electron chi connectivity index (χ3n) is 3.60. The first-order chi connectivity index (χ1) is 12.1. The van der Waals surface area contributed by atoms with E-state index in [9.17, 15) is 4.39 Å². The molecule has 1 aromatic rings. The average molecular weight is 349 g/mol. The van der Waals surface area contributed by atoms with Gasteiger partial charge in [-0.3, -0.25) is 0 Å². The van der Waals surface area contributed by atoms with Crippen molar-refractivity contribution < 1.29 is 9.13 Å². The van der Waals surface area contributed by atoms with Crippen LogP contribution in [-0.2, 0) is 11.3 Å². The summed E-state index contributed by atoms with van der Waals surface area (Å²) in [6.07, 6.45) is 0.996. The molecule has 0 radical (unpaired) electrons. The molecule has 0 bridgehead atoms. The topological polar surface area (TPSA) is 72.7 Å². The highest BCUT2D eigenvalue weighted by molar-refractivity contribution is 5.79. The summed E-state index contributed by atoms with van der Waals surface area (Å²) in [5.41, 5.74) is 0.843. The van der Waals surface area contributed by atoms with Crippen molar-refractivity contribution in [2.24, 2.45) is 4.99 Å². The fourth-order valence-electron chi connectivity index (χ4n) is 2.23. The monoisotopic (exact) mass is 349 g/mol. The third kappa shape index (κ3) is 8.47. The first-order valence-electron chi connectivity index (χ1n) is 8.48. The van der Waals surface area contributed by atoms with Crippen molar-refractivity contribution in [3.8, 4) is 6.07 Å². The number of nitrogens with one attached hydrogen (secondary N) is 2. The smallest absolute Gasteiger partial charge is 0.191 e. The van der Waals surface area contributed by atoms with Gasteiger partial charge in [0.05, 0.1) is 18.2 Å². The predicted octanol–water partition coefficient (Wildman–Crippen LogP) is 1.72. The summed E-state index contributed by atoms with van der Waals surface area (Å²) in [5, 5.41) is 15.3. The Hall–Kier alpha value is -2.17. The van der Waals surface area contributed by atoms with Gasteiger partial charge in [-0.15, -0.1) is 0 Å². The minimum atomic E-state index is -0.350. The maximum absolute atomic E-state index is 13.8. The van der Waals surface area contributed by atoms with Gasteiger partial charge in [0.1, 0.15) is 5.82 Å². The van der Waals surface area contributed by atoms with Crippen LogP contribution in [-0.4, -0.2) is 57.8 Å². The second-order valence-electron chi connectivity index (χ2n) is 5.69. The molecule has 0 aliphatic carbocycles. The van der Waals surface area contributed by atoms with Crippen molar-refractivity contribution in [3.63, 3.8) is 0 Å². The molecule has 2 N–H and O–H groups in total. The highest BCUT2D eigenvalue weighted by Crippen LogP contribution is 2.11. The van der Waals surface area contributed by atoms with Crippen molar-refractivity contribution >= 4 is 5.96 Å². The van der Waals surface area contributed by atoms with E-state index in [1.165, 1.54) is 18.2 Å². The quantitative estimate of drug-likeness (QED) is 0.382. The van der Waals surface area contributed by atoms with E-state index in [0.717, 1.165) is 39.2 Å². The first-order valence-corrected chi connectivity index (χ1v) is 8.48.